The van der Waals surface area contributed by atoms with Crippen LogP contribution in [0.15, 0.2) is 12.4 Å². The molecule has 0 spiro atoms. The van der Waals surface area contributed by atoms with E-state index in [1.807, 2.05) is 6.92 Å². The summed E-state index contributed by atoms with van der Waals surface area (Å²) in [5.41, 5.74) is -0.802. The van der Waals surface area contributed by atoms with Crippen LogP contribution in [0.3, 0.4) is 0 Å². The van der Waals surface area contributed by atoms with E-state index in [4.69, 9.17) is 0 Å². The third kappa shape index (κ3) is 3.00. The number of nitrogens with zero attached hydrogens (tertiary/aromatic N) is 3. The second-order valence-corrected chi connectivity index (χ2v) is 11.7. The number of hydrogen-bond donors (Lipinski definition) is 1. The molecule has 1 unspecified atom stereocenters. The number of carbonyl (C=O) groups excluding carboxylic acids is 1. The van der Waals surface area contributed by atoms with Gasteiger partial charge in [0.25, 0.3) is 0 Å². The molecule has 0 radical (unpaired) electrons. The highest BCUT2D eigenvalue weighted by molar-refractivity contribution is 5.82. The van der Waals surface area contributed by atoms with Crippen LogP contribution in [0.25, 0.3) is 0 Å². The van der Waals surface area contributed by atoms with Crippen molar-refractivity contribution in [3.05, 3.63) is 12.4 Å². The Morgan fingerprint density at radius 1 is 1.10 bits per heavy atom. The molecule has 166 valence electrons. The molecule has 0 bridgehead atoms. The first-order chi connectivity index (χ1) is 14.1. The Balaban J connectivity index is 1.40. The minimum Gasteiger partial charge on any atom is -0.390 e. The molecule has 4 fully saturated rings. The number of fused-ring (bicyclic) bond motifs is 5. The van der Waals surface area contributed by atoms with Crippen LogP contribution in [0.1, 0.15) is 72.1 Å². The van der Waals surface area contributed by atoms with E-state index in [0.717, 1.165) is 38.5 Å². The lowest BCUT2D eigenvalue weighted by Gasteiger charge is -2.63. The standard InChI is InChI=1S/C24H36FN3O2/c1-22(30)8-6-15-16(12-22)19(25)13-24(3)17(15)7-9-23(2)18(4-5-21(23)24)20(29)14-28-11-10-26-27-28/h10-11,15-19,21,30H,4-9,12-14H2,1-3H3/t15-,16-,17+,18+,19+,21+,22+,23+,24?/m0/s1. The number of carbonyl (C=O) groups is 1. The Hall–Kier alpha value is -1.30. The number of Topliss-reactive ketones (excluding diaryl/α,β-unsaturated/α-hetero) is 1. The minimum atomic E-state index is -0.838. The lowest BCUT2D eigenvalue weighted by atomic mass is 9.42. The minimum absolute atomic E-state index is 0.00216. The summed E-state index contributed by atoms with van der Waals surface area (Å²) in [7, 11) is 0. The second-order valence-electron chi connectivity index (χ2n) is 11.7. The molecule has 5 nitrogen and oxygen atoms in total. The predicted octanol–water partition coefficient (Wildman–Crippen LogP) is 4.21. The van der Waals surface area contributed by atoms with Gasteiger partial charge in [-0.1, -0.05) is 19.1 Å². The Bertz CT molecular complexity index is 811. The van der Waals surface area contributed by atoms with Crippen LogP contribution in [0.5, 0.6) is 0 Å². The topological polar surface area (TPSA) is 68.0 Å². The smallest absolute Gasteiger partial charge is 0.157 e. The van der Waals surface area contributed by atoms with Gasteiger partial charge >= 0.3 is 0 Å². The highest BCUT2D eigenvalue weighted by atomic mass is 19.1. The third-order valence-corrected chi connectivity index (χ3v) is 10.0. The van der Waals surface area contributed by atoms with Crippen molar-refractivity contribution in [1.29, 1.82) is 0 Å². The number of ketones is 1. The quantitative estimate of drug-likeness (QED) is 0.800. The molecule has 4 aliphatic carbocycles. The molecule has 9 atom stereocenters. The van der Waals surface area contributed by atoms with Gasteiger partial charge in [0, 0.05) is 12.1 Å². The van der Waals surface area contributed by atoms with Crippen LogP contribution in [0.2, 0.25) is 0 Å². The number of aliphatic hydroxyl groups is 1. The summed E-state index contributed by atoms with van der Waals surface area (Å²) in [5.74, 6) is 1.60. The number of hydrogen-bond acceptors (Lipinski definition) is 4. The predicted molar refractivity (Wildman–Crippen MR) is 111 cm³/mol. The molecule has 5 rings (SSSR count). The molecular weight excluding hydrogens is 381 g/mol. The van der Waals surface area contributed by atoms with Crippen molar-refractivity contribution in [2.75, 3.05) is 0 Å². The van der Waals surface area contributed by atoms with Crippen molar-refractivity contribution in [3.63, 3.8) is 0 Å². The second kappa shape index (κ2) is 6.85. The highest BCUT2D eigenvalue weighted by Crippen LogP contribution is 2.70. The van der Waals surface area contributed by atoms with Crippen molar-refractivity contribution in [2.24, 2.45) is 40.4 Å². The average Bonchev–Trinajstić information content (AvgIpc) is 3.29. The van der Waals surface area contributed by atoms with E-state index in [2.05, 4.69) is 24.2 Å². The monoisotopic (exact) mass is 417 g/mol. The van der Waals surface area contributed by atoms with Gasteiger partial charge in [-0.3, -0.25) is 4.79 Å². The van der Waals surface area contributed by atoms with E-state index in [9.17, 15) is 9.90 Å². The van der Waals surface area contributed by atoms with Crippen molar-refractivity contribution in [2.45, 2.75) is 90.5 Å². The summed E-state index contributed by atoms with van der Waals surface area (Å²) >= 11 is 0. The van der Waals surface area contributed by atoms with Crippen molar-refractivity contribution in [3.8, 4) is 0 Å². The molecule has 0 aliphatic heterocycles. The van der Waals surface area contributed by atoms with Crippen molar-refractivity contribution >= 4 is 5.78 Å². The summed E-state index contributed by atoms with van der Waals surface area (Å²) in [6.45, 7) is 6.81. The summed E-state index contributed by atoms with van der Waals surface area (Å²) in [6.07, 6.45) is 9.54. The first-order valence-electron chi connectivity index (χ1n) is 11.9. The van der Waals surface area contributed by atoms with Gasteiger partial charge in [0.15, 0.2) is 5.78 Å². The van der Waals surface area contributed by atoms with Crippen LogP contribution >= 0.6 is 0 Å². The SMILES string of the molecule is CC12C[C@@H](F)[C@H]3C[C@](C)(O)CC[C@@H]3[C@H]1CC[C@]1(C)[C@@H](C(=O)Cn3ccnn3)CC[C@@H]21. The molecule has 1 N–H and O–H groups in total. The fraction of sp³-hybridized carbons (Fsp3) is 0.875. The Morgan fingerprint density at radius 2 is 1.90 bits per heavy atom. The van der Waals surface area contributed by atoms with Gasteiger partial charge in [0.2, 0.25) is 0 Å². The van der Waals surface area contributed by atoms with E-state index in [-0.39, 0.29) is 28.4 Å². The molecule has 4 saturated carbocycles. The van der Waals surface area contributed by atoms with Gasteiger partial charge in [-0.2, -0.15) is 0 Å². The van der Waals surface area contributed by atoms with E-state index in [1.165, 1.54) is 0 Å². The van der Waals surface area contributed by atoms with Crippen LogP contribution < -0.4 is 0 Å². The molecule has 30 heavy (non-hydrogen) atoms. The molecule has 1 aromatic rings. The Morgan fingerprint density at radius 3 is 2.63 bits per heavy atom. The maximum absolute atomic E-state index is 15.6. The van der Waals surface area contributed by atoms with E-state index in [1.54, 1.807) is 17.1 Å². The number of rotatable bonds is 3. The lowest BCUT2D eigenvalue weighted by molar-refractivity contribution is -0.171. The molecular formula is C24H36FN3O2. The summed E-state index contributed by atoms with van der Waals surface area (Å²) < 4.78 is 17.2. The van der Waals surface area contributed by atoms with Gasteiger partial charge in [0.05, 0.1) is 11.8 Å². The van der Waals surface area contributed by atoms with Gasteiger partial charge in [-0.25, -0.2) is 9.07 Å². The molecule has 1 aromatic heterocycles. The van der Waals surface area contributed by atoms with E-state index >= 15 is 4.39 Å². The van der Waals surface area contributed by atoms with Crippen molar-refractivity contribution < 1.29 is 14.3 Å². The van der Waals surface area contributed by atoms with E-state index in [0.29, 0.717) is 37.1 Å². The lowest BCUT2D eigenvalue weighted by Crippen LogP contribution is -2.59. The zero-order valence-electron chi connectivity index (χ0n) is 18.6. The normalized spacial score (nSPS) is 50.4. The fourth-order valence-corrected chi connectivity index (χ4v) is 8.75. The third-order valence-electron chi connectivity index (χ3n) is 10.0. The van der Waals surface area contributed by atoms with Crippen LogP contribution in [0.4, 0.5) is 4.39 Å². The van der Waals surface area contributed by atoms with Crippen LogP contribution in [-0.2, 0) is 11.3 Å². The molecule has 1 heterocycles. The van der Waals surface area contributed by atoms with Crippen molar-refractivity contribution in [1.82, 2.24) is 15.0 Å². The van der Waals surface area contributed by atoms with Gasteiger partial charge in [-0.15, -0.1) is 5.10 Å². The molecule has 4 aliphatic rings. The Kier molecular flexibility index (Phi) is 4.70. The maximum Gasteiger partial charge on any atom is 0.157 e. The van der Waals surface area contributed by atoms with E-state index < -0.39 is 11.8 Å². The summed E-state index contributed by atoms with van der Waals surface area (Å²) in [6, 6.07) is 0. The molecule has 6 heteroatoms. The summed E-state index contributed by atoms with van der Waals surface area (Å²) in [4.78, 5) is 13.2. The van der Waals surface area contributed by atoms with Gasteiger partial charge < -0.3 is 5.11 Å². The number of halogens is 1. The average molecular weight is 418 g/mol. The number of aromatic nitrogens is 3. The first kappa shape index (κ1) is 20.6. The number of alkyl halides is 1. The van der Waals surface area contributed by atoms with Gasteiger partial charge in [0.1, 0.15) is 12.7 Å². The highest BCUT2D eigenvalue weighted by Gasteiger charge is 2.65. The Labute approximate surface area is 178 Å². The zero-order valence-corrected chi connectivity index (χ0v) is 18.6. The molecule has 0 saturated heterocycles. The van der Waals surface area contributed by atoms with Gasteiger partial charge in [-0.05, 0) is 92.8 Å². The molecule has 0 aromatic carbocycles. The van der Waals surface area contributed by atoms with Crippen LogP contribution in [0, 0.1) is 40.4 Å². The maximum atomic E-state index is 15.6. The zero-order chi connectivity index (χ0) is 21.3. The summed E-state index contributed by atoms with van der Waals surface area (Å²) in [5, 5.41) is 18.4. The fourth-order valence-electron chi connectivity index (χ4n) is 8.75. The molecule has 0 amide bonds. The first-order valence-corrected chi connectivity index (χ1v) is 11.9. The largest absolute Gasteiger partial charge is 0.390 e. The van der Waals surface area contributed by atoms with Crippen LogP contribution in [-0.4, -0.2) is 37.7 Å².